The average molecular weight is 278 g/mol. The molecule has 0 unspecified atom stereocenters. The summed E-state index contributed by atoms with van der Waals surface area (Å²) in [5.41, 5.74) is 0.180. The third-order valence-corrected chi connectivity index (χ3v) is 3.36. The second-order valence-corrected chi connectivity index (χ2v) is 4.62. The van der Waals surface area contributed by atoms with Gasteiger partial charge in [0.15, 0.2) is 5.75 Å². The van der Waals surface area contributed by atoms with E-state index in [1.54, 1.807) is 35.3 Å². The second-order valence-electron chi connectivity index (χ2n) is 3.77. The quantitative estimate of drug-likeness (QED) is 0.851. The highest BCUT2D eigenvalue weighted by atomic mass is 32.2. The second kappa shape index (κ2) is 5.79. The van der Waals surface area contributed by atoms with Gasteiger partial charge in [-0.2, -0.15) is 5.10 Å². The summed E-state index contributed by atoms with van der Waals surface area (Å²) in [7, 11) is 0. The summed E-state index contributed by atoms with van der Waals surface area (Å²) >= 11 is 1.38. The summed E-state index contributed by atoms with van der Waals surface area (Å²) in [6.45, 7) is 2.70. The molecular formula is C13H14N2O3S. The molecule has 0 bridgehead atoms. The van der Waals surface area contributed by atoms with E-state index in [1.807, 2.05) is 13.2 Å². The van der Waals surface area contributed by atoms with E-state index < -0.39 is 5.97 Å². The Morgan fingerprint density at radius 1 is 1.53 bits per heavy atom. The number of carboxylic acid groups (broad SMARTS) is 1. The number of rotatable bonds is 5. The molecule has 0 atom stereocenters. The maximum absolute atomic E-state index is 11.3. The molecule has 19 heavy (non-hydrogen) atoms. The zero-order valence-electron chi connectivity index (χ0n) is 10.7. The number of ether oxygens (including phenoxy) is 1. The molecule has 5 nitrogen and oxygen atoms in total. The number of hydrogen-bond donors (Lipinski definition) is 1. The zero-order valence-corrected chi connectivity index (χ0v) is 11.5. The fourth-order valence-electron chi connectivity index (χ4n) is 1.67. The Morgan fingerprint density at radius 2 is 2.32 bits per heavy atom. The summed E-state index contributed by atoms with van der Waals surface area (Å²) in [5, 5.41) is 13.4. The molecule has 0 radical (unpaired) electrons. The highest BCUT2D eigenvalue weighted by molar-refractivity contribution is 7.98. The first-order valence-electron chi connectivity index (χ1n) is 5.76. The van der Waals surface area contributed by atoms with Crippen molar-refractivity contribution in [2.24, 2.45) is 0 Å². The van der Waals surface area contributed by atoms with E-state index in [4.69, 9.17) is 4.74 Å². The van der Waals surface area contributed by atoms with Crippen LogP contribution < -0.4 is 4.74 Å². The molecule has 0 spiro atoms. The molecule has 1 N–H and O–H groups in total. The molecule has 2 rings (SSSR count). The SMILES string of the molecule is CCn1cc(Oc2cccc(SC)c2C(=O)O)cn1. The number of benzene rings is 1. The Balaban J connectivity index is 2.36. The molecule has 2 aromatic rings. The lowest BCUT2D eigenvalue weighted by Crippen LogP contribution is -2.02. The molecule has 0 saturated heterocycles. The van der Waals surface area contributed by atoms with E-state index in [9.17, 15) is 9.90 Å². The topological polar surface area (TPSA) is 64.3 Å². The van der Waals surface area contributed by atoms with Gasteiger partial charge in [-0.05, 0) is 25.3 Å². The van der Waals surface area contributed by atoms with Gasteiger partial charge in [0.1, 0.15) is 11.3 Å². The van der Waals surface area contributed by atoms with Crippen molar-refractivity contribution in [3.8, 4) is 11.5 Å². The average Bonchev–Trinajstić information content (AvgIpc) is 2.85. The standard InChI is InChI=1S/C13H14N2O3S/c1-3-15-8-9(7-14-15)18-10-5-4-6-11(19-2)12(10)13(16)17/h4-8H,3H2,1-2H3,(H,16,17). The number of aryl methyl sites for hydroxylation is 1. The Kier molecular flexibility index (Phi) is 4.11. The van der Waals surface area contributed by atoms with Crippen molar-refractivity contribution in [1.82, 2.24) is 9.78 Å². The van der Waals surface area contributed by atoms with E-state index in [2.05, 4.69) is 5.10 Å². The number of aromatic nitrogens is 2. The summed E-state index contributed by atoms with van der Waals surface area (Å²) in [6.07, 6.45) is 5.14. The Bertz CT molecular complexity index is 595. The molecular weight excluding hydrogens is 264 g/mol. The maximum atomic E-state index is 11.3. The molecule has 6 heteroatoms. The Labute approximate surface area is 115 Å². The third-order valence-electron chi connectivity index (χ3n) is 2.58. The maximum Gasteiger partial charge on any atom is 0.340 e. The highest BCUT2D eigenvalue weighted by Crippen LogP contribution is 2.31. The first-order valence-corrected chi connectivity index (χ1v) is 6.98. The van der Waals surface area contributed by atoms with Crippen LogP contribution in [0, 0.1) is 0 Å². The van der Waals surface area contributed by atoms with Gasteiger partial charge in [0.25, 0.3) is 0 Å². The van der Waals surface area contributed by atoms with Crippen molar-refractivity contribution < 1.29 is 14.6 Å². The van der Waals surface area contributed by atoms with E-state index in [0.29, 0.717) is 16.4 Å². The number of carbonyl (C=O) groups is 1. The van der Waals surface area contributed by atoms with E-state index in [-0.39, 0.29) is 5.56 Å². The molecule has 0 aliphatic heterocycles. The molecule has 100 valence electrons. The summed E-state index contributed by atoms with van der Waals surface area (Å²) < 4.78 is 7.33. The fourth-order valence-corrected chi connectivity index (χ4v) is 2.28. The van der Waals surface area contributed by atoms with E-state index >= 15 is 0 Å². The van der Waals surface area contributed by atoms with Crippen LogP contribution in [0.25, 0.3) is 0 Å². The van der Waals surface area contributed by atoms with Crippen LogP contribution in [0.4, 0.5) is 0 Å². The largest absolute Gasteiger partial charge is 0.478 e. The van der Waals surface area contributed by atoms with Crippen LogP contribution in [0.15, 0.2) is 35.5 Å². The minimum absolute atomic E-state index is 0.180. The van der Waals surface area contributed by atoms with Crippen molar-refractivity contribution in [2.75, 3.05) is 6.26 Å². The van der Waals surface area contributed by atoms with Crippen LogP contribution in [0.1, 0.15) is 17.3 Å². The minimum atomic E-state index is -0.997. The Hall–Kier alpha value is -1.95. The molecule has 0 fully saturated rings. The Morgan fingerprint density at radius 3 is 2.89 bits per heavy atom. The van der Waals surface area contributed by atoms with Crippen LogP contribution in [0.5, 0.6) is 11.5 Å². The third kappa shape index (κ3) is 2.90. The monoisotopic (exact) mass is 278 g/mol. The lowest BCUT2D eigenvalue weighted by atomic mass is 10.2. The zero-order chi connectivity index (χ0) is 13.8. The smallest absolute Gasteiger partial charge is 0.340 e. The summed E-state index contributed by atoms with van der Waals surface area (Å²) in [4.78, 5) is 12.0. The summed E-state index contributed by atoms with van der Waals surface area (Å²) in [5.74, 6) is -0.138. The normalized spacial score (nSPS) is 10.4. The van der Waals surface area contributed by atoms with Gasteiger partial charge in [-0.15, -0.1) is 11.8 Å². The van der Waals surface area contributed by atoms with Crippen molar-refractivity contribution in [1.29, 1.82) is 0 Å². The van der Waals surface area contributed by atoms with Gasteiger partial charge in [0.2, 0.25) is 0 Å². The fraction of sp³-hybridized carbons (Fsp3) is 0.231. The predicted octanol–water partition coefficient (Wildman–Crippen LogP) is 3.12. The predicted molar refractivity (Wildman–Crippen MR) is 73.2 cm³/mol. The number of nitrogens with zero attached hydrogens (tertiary/aromatic N) is 2. The minimum Gasteiger partial charge on any atom is -0.478 e. The summed E-state index contributed by atoms with van der Waals surface area (Å²) in [6, 6.07) is 5.18. The van der Waals surface area contributed by atoms with Gasteiger partial charge in [0.05, 0.1) is 12.4 Å². The molecule has 0 saturated carbocycles. The molecule has 0 amide bonds. The molecule has 1 aromatic heterocycles. The van der Waals surface area contributed by atoms with Crippen LogP contribution in [0.3, 0.4) is 0 Å². The molecule has 1 aromatic carbocycles. The molecule has 0 aliphatic carbocycles. The lowest BCUT2D eigenvalue weighted by molar-refractivity contribution is 0.0690. The van der Waals surface area contributed by atoms with E-state index in [0.717, 1.165) is 6.54 Å². The van der Waals surface area contributed by atoms with Gasteiger partial charge in [-0.1, -0.05) is 6.07 Å². The van der Waals surface area contributed by atoms with Crippen LogP contribution >= 0.6 is 11.8 Å². The first-order chi connectivity index (χ1) is 9.15. The van der Waals surface area contributed by atoms with Gasteiger partial charge in [0, 0.05) is 11.4 Å². The highest BCUT2D eigenvalue weighted by Gasteiger charge is 2.17. The van der Waals surface area contributed by atoms with Gasteiger partial charge in [-0.25, -0.2) is 4.79 Å². The van der Waals surface area contributed by atoms with Crippen molar-refractivity contribution in [3.63, 3.8) is 0 Å². The van der Waals surface area contributed by atoms with Crippen molar-refractivity contribution >= 4 is 17.7 Å². The van der Waals surface area contributed by atoms with E-state index in [1.165, 1.54) is 11.8 Å². The molecule has 0 aliphatic rings. The lowest BCUT2D eigenvalue weighted by Gasteiger charge is -2.09. The van der Waals surface area contributed by atoms with Crippen LogP contribution in [-0.2, 0) is 6.54 Å². The van der Waals surface area contributed by atoms with Gasteiger partial charge >= 0.3 is 5.97 Å². The van der Waals surface area contributed by atoms with Crippen molar-refractivity contribution in [2.45, 2.75) is 18.4 Å². The van der Waals surface area contributed by atoms with Crippen LogP contribution in [-0.4, -0.2) is 27.1 Å². The number of hydrogen-bond acceptors (Lipinski definition) is 4. The number of aromatic carboxylic acids is 1. The number of carboxylic acids is 1. The van der Waals surface area contributed by atoms with Crippen LogP contribution in [0.2, 0.25) is 0 Å². The van der Waals surface area contributed by atoms with Crippen molar-refractivity contribution in [3.05, 3.63) is 36.2 Å². The molecule has 1 heterocycles. The van der Waals surface area contributed by atoms with Gasteiger partial charge < -0.3 is 9.84 Å². The first kappa shape index (κ1) is 13.5. The number of thioether (sulfide) groups is 1. The van der Waals surface area contributed by atoms with Gasteiger partial charge in [-0.3, -0.25) is 4.68 Å².